The molecule has 0 radical (unpaired) electrons. The third kappa shape index (κ3) is 4.83. The van der Waals surface area contributed by atoms with Crippen molar-refractivity contribution in [2.45, 2.75) is 38.2 Å². The molecule has 3 rings (SSSR count). The van der Waals surface area contributed by atoms with Gasteiger partial charge in [0.15, 0.2) is 17.2 Å². The van der Waals surface area contributed by atoms with Gasteiger partial charge in [-0.25, -0.2) is 9.18 Å². The topological polar surface area (TPSA) is 63.6 Å². The number of rotatable bonds is 7. The van der Waals surface area contributed by atoms with E-state index in [2.05, 4.69) is 0 Å². The first-order chi connectivity index (χ1) is 14.5. The van der Waals surface area contributed by atoms with E-state index in [9.17, 15) is 19.1 Å². The van der Waals surface area contributed by atoms with E-state index >= 15 is 0 Å². The normalized spacial score (nSPS) is 11.9. The number of thiophene rings is 1. The number of aryl methyl sites for hydroxylation is 2. The Labute approximate surface area is 188 Å². The number of fused-ring (bicyclic) bond motifs is 1. The lowest BCUT2D eigenvalue weighted by Gasteiger charge is -2.24. The predicted octanol–water partition coefficient (Wildman–Crippen LogP) is 6.52. The zero-order valence-electron chi connectivity index (χ0n) is 17.9. The van der Waals surface area contributed by atoms with Crippen molar-refractivity contribution in [3.63, 3.8) is 0 Å². The summed E-state index contributed by atoms with van der Waals surface area (Å²) in [5.74, 6) is -1.45. The molecule has 0 atom stereocenters. The van der Waals surface area contributed by atoms with Crippen molar-refractivity contribution in [3.8, 4) is 5.75 Å². The van der Waals surface area contributed by atoms with Gasteiger partial charge in [0.1, 0.15) is 10.6 Å². The summed E-state index contributed by atoms with van der Waals surface area (Å²) in [5.41, 5.74) is 0.880. The van der Waals surface area contributed by atoms with Gasteiger partial charge in [-0.1, -0.05) is 6.08 Å². The maximum absolute atomic E-state index is 14.7. The average molecular weight is 459 g/mol. The molecule has 3 aromatic rings. The molecule has 31 heavy (non-hydrogen) atoms. The van der Waals surface area contributed by atoms with Crippen LogP contribution >= 0.6 is 23.1 Å². The SMILES string of the molecule is CSc1ccc2c(F)c(C(=O)/C=C/c3cc(C)c(OC(C)(C)C(=O)O)c(C)c3)sc2c1. The molecular formula is C24H23FO4S2. The summed E-state index contributed by atoms with van der Waals surface area (Å²) in [6, 6.07) is 9.04. The van der Waals surface area contributed by atoms with E-state index in [1.807, 2.05) is 32.2 Å². The number of thioether (sulfide) groups is 1. The minimum Gasteiger partial charge on any atom is -0.478 e. The molecule has 1 aromatic heterocycles. The minimum atomic E-state index is -1.36. The smallest absolute Gasteiger partial charge is 0.347 e. The molecule has 0 aliphatic rings. The average Bonchev–Trinajstić information content (AvgIpc) is 3.04. The fourth-order valence-electron chi connectivity index (χ4n) is 3.12. The van der Waals surface area contributed by atoms with Gasteiger partial charge in [0.05, 0.1) is 0 Å². The molecule has 162 valence electrons. The number of aliphatic carboxylic acids is 1. The van der Waals surface area contributed by atoms with Crippen LogP contribution in [0.25, 0.3) is 16.2 Å². The maximum atomic E-state index is 14.7. The Morgan fingerprint density at radius 1 is 1.16 bits per heavy atom. The van der Waals surface area contributed by atoms with Crippen molar-refractivity contribution in [2.24, 2.45) is 0 Å². The zero-order valence-corrected chi connectivity index (χ0v) is 19.5. The monoisotopic (exact) mass is 458 g/mol. The third-order valence-corrected chi connectivity index (χ3v) is 6.71. The highest BCUT2D eigenvalue weighted by molar-refractivity contribution is 7.98. The predicted molar refractivity (Wildman–Crippen MR) is 125 cm³/mol. The number of carbonyl (C=O) groups excluding carboxylic acids is 1. The summed E-state index contributed by atoms with van der Waals surface area (Å²) in [7, 11) is 0. The van der Waals surface area contributed by atoms with Crippen LogP contribution in [0.1, 0.15) is 40.2 Å². The van der Waals surface area contributed by atoms with Crippen molar-refractivity contribution in [1.29, 1.82) is 0 Å². The van der Waals surface area contributed by atoms with Gasteiger partial charge in [-0.3, -0.25) is 4.79 Å². The van der Waals surface area contributed by atoms with Crippen molar-refractivity contribution in [1.82, 2.24) is 0 Å². The van der Waals surface area contributed by atoms with Crippen LogP contribution < -0.4 is 4.74 Å². The quantitative estimate of drug-likeness (QED) is 0.248. The number of benzene rings is 2. The van der Waals surface area contributed by atoms with E-state index in [0.717, 1.165) is 37.6 Å². The molecule has 0 aliphatic heterocycles. The van der Waals surface area contributed by atoms with Crippen molar-refractivity contribution >= 4 is 51.0 Å². The lowest BCUT2D eigenvalue weighted by Crippen LogP contribution is -2.38. The largest absolute Gasteiger partial charge is 0.478 e. The van der Waals surface area contributed by atoms with Gasteiger partial charge >= 0.3 is 5.97 Å². The van der Waals surface area contributed by atoms with E-state index in [0.29, 0.717) is 11.1 Å². The molecule has 7 heteroatoms. The molecule has 0 unspecified atom stereocenters. The Balaban J connectivity index is 1.86. The highest BCUT2D eigenvalue weighted by Crippen LogP contribution is 2.34. The zero-order chi connectivity index (χ0) is 22.9. The number of hydrogen-bond acceptors (Lipinski definition) is 5. The van der Waals surface area contributed by atoms with E-state index in [-0.39, 0.29) is 4.88 Å². The van der Waals surface area contributed by atoms with E-state index in [1.54, 1.807) is 36.0 Å². The molecular weight excluding hydrogens is 435 g/mol. The fourth-order valence-corrected chi connectivity index (χ4v) is 4.67. The second kappa shape index (κ2) is 8.85. The highest BCUT2D eigenvalue weighted by atomic mass is 32.2. The lowest BCUT2D eigenvalue weighted by atomic mass is 10.0. The van der Waals surface area contributed by atoms with Crippen LogP contribution in [0.4, 0.5) is 4.39 Å². The van der Waals surface area contributed by atoms with E-state index in [4.69, 9.17) is 4.74 Å². The second-order valence-corrected chi connectivity index (χ2v) is 9.64. The van der Waals surface area contributed by atoms with Crippen LogP contribution in [0.3, 0.4) is 0 Å². The molecule has 1 N–H and O–H groups in total. The number of carboxylic acid groups (broad SMARTS) is 1. The molecule has 0 spiro atoms. The number of carboxylic acids is 1. The number of ether oxygens (including phenoxy) is 1. The first-order valence-electron chi connectivity index (χ1n) is 9.55. The standard InChI is InChI=1S/C24H23FO4S2/c1-13-10-15(11-14(2)21(13)29-24(3,4)23(27)28)6-9-18(26)22-20(25)17-8-7-16(30-5)12-19(17)31-22/h6-12H,1-5H3,(H,27,28)/b9-6+. The van der Waals surface area contributed by atoms with Crippen LogP contribution in [-0.4, -0.2) is 28.7 Å². The lowest BCUT2D eigenvalue weighted by molar-refractivity contribution is -0.152. The van der Waals surface area contributed by atoms with E-state index in [1.165, 1.54) is 19.9 Å². The molecule has 0 aliphatic carbocycles. The second-order valence-electron chi connectivity index (χ2n) is 7.71. The molecule has 0 bridgehead atoms. The summed E-state index contributed by atoms with van der Waals surface area (Å²) >= 11 is 2.72. The summed E-state index contributed by atoms with van der Waals surface area (Å²) < 4.78 is 21.2. The Bertz CT molecular complexity index is 1180. The first kappa shape index (κ1) is 23.0. The number of allylic oxidation sites excluding steroid dienone is 1. The van der Waals surface area contributed by atoms with Gasteiger partial charge in [0.25, 0.3) is 0 Å². The summed E-state index contributed by atoms with van der Waals surface area (Å²) in [5, 5.41) is 9.74. The first-order valence-corrected chi connectivity index (χ1v) is 11.6. The Hall–Kier alpha value is -2.64. The Morgan fingerprint density at radius 3 is 2.39 bits per heavy atom. The number of ketones is 1. The summed E-state index contributed by atoms with van der Waals surface area (Å²) in [4.78, 5) is 25.1. The molecule has 4 nitrogen and oxygen atoms in total. The maximum Gasteiger partial charge on any atom is 0.347 e. The van der Waals surface area contributed by atoms with Gasteiger partial charge in [0, 0.05) is 15.0 Å². The minimum absolute atomic E-state index is 0.0844. The number of hydrogen-bond donors (Lipinski definition) is 1. The van der Waals surface area contributed by atoms with Gasteiger partial charge < -0.3 is 9.84 Å². The van der Waals surface area contributed by atoms with Crippen LogP contribution in [0.2, 0.25) is 0 Å². The molecule has 0 amide bonds. The Morgan fingerprint density at radius 2 is 1.81 bits per heavy atom. The highest BCUT2D eigenvalue weighted by Gasteiger charge is 2.30. The number of halogens is 1. The van der Waals surface area contributed by atoms with E-state index < -0.39 is 23.2 Å². The van der Waals surface area contributed by atoms with Crippen molar-refractivity contribution in [2.75, 3.05) is 6.26 Å². The summed E-state index contributed by atoms with van der Waals surface area (Å²) in [6.45, 7) is 6.60. The fraction of sp³-hybridized carbons (Fsp3) is 0.250. The van der Waals surface area contributed by atoms with Gasteiger partial charge in [-0.05, 0) is 87.0 Å². The molecule has 0 saturated heterocycles. The van der Waals surface area contributed by atoms with Gasteiger partial charge in [-0.2, -0.15) is 0 Å². The molecule has 2 aromatic carbocycles. The van der Waals surface area contributed by atoms with Crippen LogP contribution in [0, 0.1) is 19.7 Å². The third-order valence-electron chi connectivity index (χ3n) is 4.84. The van der Waals surface area contributed by atoms with Gasteiger partial charge in [-0.15, -0.1) is 23.1 Å². The van der Waals surface area contributed by atoms with Gasteiger partial charge in [0.2, 0.25) is 0 Å². The Kier molecular flexibility index (Phi) is 6.57. The molecule has 0 fully saturated rings. The number of carbonyl (C=O) groups is 2. The van der Waals surface area contributed by atoms with Crippen LogP contribution in [-0.2, 0) is 4.79 Å². The molecule has 1 heterocycles. The summed E-state index contributed by atoms with van der Waals surface area (Å²) in [6.07, 6.45) is 4.94. The van der Waals surface area contributed by atoms with Crippen molar-refractivity contribution < 1.29 is 23.8 Å². The van der Waals surface area contributed by atoms with Crippen LogP contribution in [0.15, 0.2) is 41.3 Å². The molecule has 0 saturated carbocycles. The van der Waals surface area contributed by atoms with Crippen molar-refractivity contribution in [3.05, 3.63) is 63.8 Å². The van der Waals surface area contributed by atoms with Crippen LogP contribution in [0.5, 0.6) is 5.75 Å².